The molecule has 0 rings (SSSR count). The van der Waals surface area contributed by atoms with Crippen molar-refractivity contribution in [1.29, 1.82) is 0 Å². The summed E-state index contributed by atoms with van der Waals surface area (Å²) in [6, 6.07) is -0.794. The van der Waals surface area contributed by atoms with Gasteiger partial charge in [0, 0.05) is 12.3 Å². The van der Waals surface area contributed by atoms with Crippen molar-refractivity contribution in [2.24, 2.45) is 5.73 Å². The molecule has 0 heterocycles. The number of nitrogens with two attached hydrogens (primary N) is 1. The number of alkyl halides is 1. The van der Waals surface area contributed by atoms with E-state index in [9.17, 15) is 9.59 Å². The molecule has 0 saturated carbocycles. The van der Waals surface area contributed by atoms with E-state index in [-0.39, 0.29) is 5.91 Å². The third-order valence-corrected chi connectivity index (χ3v) is 1.57. The predicted octanol–water partition coefficient (Wildman–Crippen LogP) is 0.980. The summed E-state index contributed by atoms with van der Waals surface area (Å²) in [6.07, 6.45) is 2.87. The summed E-state index contributed by atoms with van der Waals surface area (Å²) >= 11 is 5.43. The first-order chi connectivity index (χ1) is 5.66. The maximum Gasteiger partial charge on any atom is 0.318 e. The van der Waals surface area contributed by atoms with Crippen LogP contribution in [0.4, 0.5) is 4.79 Å². The van der Waals surface area contributed by atoms with E-state index >= 15 is 0 Å². The Morgan fingerprint density at radius 3 is 2.42 bits per heavy atom. The van der Waals surface area contributed by atoms with Crippen LogP contribution in [-0.4, -0.2) is 17.8 Å². The van der Waals surface area contributed by atoms with Gasteiger partial charge in [0.05, 0.1) is 0 Å². The second-order valence-corrected chi connectivity index (χ2v) is 2.79. The third kappa shape index (κ3) is 7.34. The normalized spacial score (nSPS) is 9.42. The first-order valence-electron chi connectivity index (χ1n) is 3.82. The summed E-state index contributed by atoms with van der Waals surface area (Å²) in [5.74, 6) is 0.286. The van der Waals surface area contributed by atoms with Gasteiger partial charge in [-0.2, -0.15) is 0 Å². The van der Waals surface area contributed by atoms with Crippen molar-refractivity contribution < 1.29 is 9.59 Å². The molecular formula is C7H13ClN2O2. The zero-order valence-electron chi connectivity index (χ0n) is 6.81. The Balaban J connectivity index is 3.26. The van der Waals surface area contributed by atoms with E-state index in [1.807, 2.05) is 5.32 Å². The molecule has 70 valence electrons. The number of hydrogen-bond donors (Lipinski definition) is 2. The minimum atomic E-state index is -0.794. The number of amides is 3. The van der Waals surface area contributed by atoms with Gasteiger partial charge < -0.3 is 5.73 Å². The van der Waals surface area contributed by atoms with E-state index < -0.39 is 6.03 Å². The van der Waals surface area contributed by atoms with Crippen LogP contribution in [0.15, 0.2) is 0 Å². The second-order valence-electron chi connectivity index (χ2n) is 2.41. The van der Waals surface area contributed by atoms with Crippen LogP contribution in [0.25, 0.3) is 0 Å². The number of unbranched alkanes of at least 4 members (excludes halogenated alkanes) is 2. The van der Waals surface area contributed by atoms with Crippen LogP contribution in [0, 0.1) is 0 Å². The molecule has 0 aliphatic heterocycles. The summed E-state index contributed by atoms with van der Waals surface area (Å²) in [5, 5.41) is 1.99. The lowest BCUT2D eigenvalue weighted by molar-refractivity contribution is -0.120. The van der Waals surface area contributed by atoms with Gasteiger partial charge in [0.25, 0.3) is 0 Å². The van der Waals surface area contributed by atoms with E-state index in [1.165, 1.54) is 0 Å². The van der Waals surface area contributed by atoms with Crippen LogP contribution in [0.3, 0.4) is 0 Å². The molecule has 0 saturated heterocycles. The van der Waals surface area contributed by atoms with Crippen molar-refractivity contribution in [1.82, 2.24) is 5.32 Å². The number of imide groups is 1. The number of urea groups is 1. The first-order valence-corrected chi connectivity index (χ1v) is 4.35. The number of rotatable bonds is 5. The van der Waals surface area contributed by atoms with Gasteiger partial charge >= 0.3 is 6.03 Å². The van der Waals surface area contributed by atoms with Crippen LogP contribution in [-0.2, 0) is 4.79 Å². The molecule has 0 unspecified atom stereocenters. The number of primary amides is 1. The minimum absolute atomic E-state index is 0.322. The molecule has 0 aliphatic carbocycles. The van der Waals surface area contributed by atoms with E-state index in [0.29, 0.717) is 12.3 Å². The molecule has 0 atom stereocenters. The SMILES string of the molecule is NC(=O)NC(=O)CCCCCCl. The highest BCUT2D eigenvalue weighted by molar-refractivity contribution is 6.17. The number of halogens is 1. The van der Waals surface area contributed by atoms with E-state index in [0.717, 1.165) is 19.3 Å². The molecule has 0 aromatic carbocycles. The summed E-state index contributed by atoms with van der Waals surface area (Å²) in [4.78, 5) is 20.9. The average Bonchev–Trinajstić information content (AvgIpc) is 1.97. The zero-order valence-corrected chi connectivity index (χ0v) is 7.56. The average molecular weight is 193 g/mol. The van der Waals surface area contributed by atoms with Gasteiger partial charge in [-0.25, -0.2) is 4.79 Å². The van der Waals surface area contributed by atoms with Gasteiger partial charge in [0.1, 0.15) is 0 Å². The number of carbonyl (C=O) groups excluding carboxylic acids is 2. The lowest BCUT2D eigenvalue weighted by Crippen LogP contribution is -2.34. The Labute approximate surface area is 76.4 Å². The van der Waals surface area contributed by atoms with E-state index in [2.05, 4.69) is 0 Å². The van der Waals surface area contributed by atoms with E-state index in [4.69, 9.17) is 17.3 Å². The standard InChI is InChI=1S/C7H13ClN2O2/c8-5-3-1-2-4-6(11)10-7(9)12/h1-5H2,(H3,9,10,11,12). The fourth-order valence-electron chi connectivity index (χ4n) is 0.757. The van der Waals surface area contributed by atoms with Crippen LogP contribution >= 0.6 is 11.6 Å². The van der Waals surface area contributed by atoms with Gasteiger partial charge in [-0.1, -0.05) is 6.42 Å². The molecule has 12 heavy (non-hydrogen) atoms. The summed E-state index contributed by atoms with van der Waals surface area (Å²) in [7, 11) is 0. The highest BCUT2D eigenvalue weighted by Crippen LogP contribution is 2.00. The maximum absolute atomic E-state index is 10.8. The molecule has 4 nitrogen and oxygen atoms in total. The molecule has 5 heteroatoms. The van der Waals surface area contributed by atoms with Crippen LogP contribution in [0.1, 0.15) is 25.7 Å². The monoisotopic (exact) mass is 192 g/mol. The van der Waals surface area contributed by atoms with Gasteiger partial charge in [0.2, 0.25) is 5.91 Å². The summed E-state index contributed by atoms with van der Waals surface area (Å²) in [6.45, 7) is 0. The van der Waals surface area contributed by atoms with Crippen LogP contribution in [0.2, 0.25) is 0 Å². The highest BCUT2D eigenvalue weighted by Gasteiger charge is 2.02. The topological polar surface area (TPSA) is 72.2 Å². The molecule has 0 spiro atoms. The molecule has 0 radical (unpaired) electrons. The van der Waals surface area contributed by atoms with Crippen molar-refractivity contribution in [3.05, 3.63) is 0 Å². The molecule has 0 fully saturated rings. The summed E-state index contributed by atoms with van der Waals surface area (Å²) in [5.41, 5.74) is 4.73. The number of carbonyl (C=O) groups is 2. The number of hydrogen-bond acceptors (Lipinski definition) is 2. The Kier molecular flexibility index (Phi) is 6.47. The van der Waals surface area contributed by atoms with Gasteiger partial charge in [-0.15, -0.1) is 11.6 Å². The van der Waals surface area contributed by atoms with Gasteiger partial charge in [0.15, 0.2) is 0 Å². The van der Waals surface area contributed by atoms with Gasteiger partial charge in [-0.3, -0.25) is 10.1 Å². The molecule has 0 bridgehead atoms. The van der Waals surface area contributed by atoms with E-state index in [1.54, 1.807) is 0 Å². The Bertz CT molecular complexity index is 161. The second kappa shape index (κ2) is 6.91. The fraction of sp³-hybridized carbons (Fsp3) is 0.714. The zero-order chi connectivity index (χ0) is 9.40. The molecule has 0 aromatic rings. The van der Waals surface area contributed by atoms with Crippen LogP contribution in [0.5, 0.6) is 0 Å². The summed E-state index contributed by atoms with van der Waals surface area (Å²) < 4.78 is 0. The smallest absolute Gasteiger partial charge is 0.318 e. The Morgan fingerprint density at radius 1 is 1.25 bits per heavy atom. The maximum atomic E-state index is 10.8. The van der Waals surface area contributed by atoms with Crippen molar-refractivity contribution in [2.75, 3.05) is 5.88 Å². The minimum Gasteiger partial charge on any atom is -0.351 e. The quantitative estimate of drug-likeness (QED) is 0.504. The molecule has 0 aromatic heterocycles. The fourth-order valence-corrected chi connectivity index (χ4v) is 0.946. The molecule has 3 N–H and O–H groups in total. The first kappa shape index (κ1) is 11.2. The van der Waals surface area contributed by atoms with Crippen molar-refractivity contribution in [2.45, 2.75) is 25.7 Å². The number of nitrogens with one attached hydrogen (secondary N) is 1. The highest BCUT2D eigenvalue weighted by atomic mass is 35.5. The van der Waals surface area contributed by atoms with Crippen molar-refractivity contribution >= 4 is 23.5 Å². The molecule has 0 aliphatic rings. The van der Waals surface area contributed by atoms with Crippen molar-refractivity contribution in [3.63, 3.8) is 0 Å². The Hall–Kier alpha value is -0.770. The van der Waals surface area contributed by atoms with Crippen LogP contribution < -0.4 is 11.1 Å². The molecule has 3 amide bonds. The lowest BCUT2D eigenvalue weighted by Gasteiger charge is -1.99. The Morgan fingerprint density at radius 2 is 1.92 bits per heavy atom. The third-order valence-electron chi connectivity index (χ3n) is 1.30. The lowest BCUT2D eigenvalue weighted by atomic mass is 10.2. The van der Waals surface area contributed by atoms with Crippen molar-refractivity contribution in [3.8, 4) is 0 Å². The van der Waals surface area contributed by atoms with Gasteiger partial charge in [-0.05, 0) is 12.8 Å². The predicted molar refractivity (Wildman–Crippen MR) is 46.9 cm³/mol. The largest absolute Gasteiger partial charge is 0.351 e. The molecular weight excluding hydrogens is 180 g/mol.